The van der Waals surface area contributed by atoms with Crippen molar-refractivity contribution in [2.75, 3.05) is 0 Å². The highest BCUT2D eigenvalue weighted by molar-refractivity contribution is 7.84. The second-order valence-electron chi connectivity index (χ2n) is 3.41. The number of hydrogen-bond donors (Lipinski definition) is 2. The molecule has 1 aromatic heterocycles. The van der Waals surface area contributed by atoms with Crippen LogP contribution in [0.3, 0.4) is 0 Å². The van der Waals surface area contributed by atoms with Gasteiger partial charge in [-0.2, -0.15) is 10.6 Å². The fourth-order valence-electron chi connectivity index (χ4n) is 1.10. The lowest BCUT2D eigenvalue weighted by molar-refractivity contribution is 0.246. The molecule has 1 aliphatic rings. The van der Waals surface area contributed by atoms with Crippen LogP contribution in [0.4, 0.5) is 4.79 Å². The summed E-state index contributed by atoms with van der Waals surface area (Å²) in [5, 5.41) is 2.59. The molecule has 16 heavy (non-hydrogen) atoms. The molecule has 2 rings (SSSR count). The van der Waals surface area contributed by atoms with Crippen molar-refractivity contribution in [1.29, 1.82) is 0 Å². The first kappa shape index (κ1) is 10.9. The average Bonchev–Trinajstić information content (AvgIpc) is 3.11. The Morgan fingerprint density at radius 2 is 2.25 bits per heavy atom. The lowest BCUT2D eigenvalue weighted by Gasteiger charge is -2.09. The van der Waals surface area contributed by atoms with E-state index in [1.54, 1.807) is 6.20 Å². The summed E-state index contributed by atoms with van der Waals surface area (Å²) in [6.45, 7) is 0.333. The Hall–Kier alpha value is -1.56. The molecule has 1 aromatic rings. The van der Waals surface area contributed by atoms with Crippen molar-refractivity contribution in [3.8, 4) is 0 Å². The van der Waals surface area contributed by atoms with Gasteiger partial charge in [0.25, 0.3) is 6.03 Å². The van der Waals surface area contributed by atoms with Crippen LogP contribution < -0.4 is 10.0 Å². The van der Waals surface area contributed by atoms with Gasteiger partial charge in [0.2, 0.25) is 0 Å². The quantitative estimate of drug-likeness (QED) is 0.602. The predicted octanol–water partition coefficient (Wildman–Crippen LogP) is 0.726. The van der Waals surface area contributed by atoms with E-state index in [-0.39, 0.29) is 0 Å². The Balaban J connectivity index is 1.80. The van der Waals surface area contributed by atoms with Crippen molar-refractivity contribution < 1.29 is 9.00 Å². The molecule has 0 bridgehead atoms. The summed E-state index contributed by atoms with van der Waals surface area (Å²) in [5.41, 5.74) is 0.766. The van der Waals surface area contributed by atoms with Gasteiger partial charge in [-0.25, -0.2) is 0 Å². The summed E-state index contributed by atoms with van der Waals surface area (Å²) in [6, 6.07) is 5.04. The van der Waals surface area contributed by atoms with Crippen LogP contribution >= 0.6 is 0 Å². The molecule has 1 saturated carbocycles. The van der Waals surface area contributed by atoms with E-state index in [9.17, 15) is 9.00 Å². The number of carbonyl (C=O) groups excluding carboxylic acids is 1. The van der Waals surface area contributed by atoms with E-state index in [1.165, 1.54) is 0 Å². The summed E-state index contributed by atoms with van der Waals surface area (Å²) >= 11 is 0. The Labute approximate surface area is 95.4 Å². The molecule has 1 fully saturated rings. The van der Waals surface area contributed by atoms with E-state index in [0.29, 0.717) is 6.54 Å². The smallest absolute Gasteiger partial charge is 0.298 e. The van der Waals surface area contributed by atoms with Crippen LogP contribution in [0.2, 0.25) is 0 Å². The van der Waals surface area contributed by atoms with Crippen molar-refractivity contribution in [2.24, 2.45) is 0 Å². The molecule has 1 aliphatic carbocycles. The highest BCUT2D eigenvalue weighted by Crippen LogP contribution is 2.12. The van der Waals surface area contributed by atoms with E-state index < -0.39 is 16.6 Å². The van der Waals surface area contributed by atoms with Crippen molar-refractivity contribution in [3.63, 3.8) is 0 Å². The fraction of sp³-hybridized carbons (Fsp3) is 0.300. The number of urea groups is 1. The van der Waals surface area contributed by atoms with Gasteiger partial charge in [0.1, 0.15) is 0 Å². The number of pyridine rings is 1. The van der Waals surface area contributed by atoms with Crippen LogP contribution in [0.1, 0.15) is 18.5 Å². The van der Waals surface area contributed by atoms with E-state index in [2.05, 4.69) is 15.0 Å². The lowest BCUT2D eigenvalue weighted by atomic mass is 10.3. The average molecular weight is 238 g/mol. The standard InChI is InChI=1S/C10H12N3O2S/c14-10(13-16(15)9-4-5-9)12-7-8-3-1-2-6-11-8/h1-3,6H,4-5,7H2,(H2,12,13,14,15)/q-1. The molecule has 0 aliphatic heterocycles. The molecule has 0 spiro atoms. The summed E-state index contributed by atoms with van der Waals surface area (Å²) in [5.74, 6) is 0. The van der Waals surface area contributed by atoms with Gasteiger partial charge in [-0.3, -0.25) is 9.78 Å². The molecule has 1 heterocycles. The predicted molar refractivity (Wildman–Crippen MR) is 61.9 cm³/mol. The first-order valence-corrected chi connectivity index (χ1v) is 6.11. The molecule has 0 unspecified atom stereocenters. The maximum Gasteiger partial charge on any atom is 0.298 e. The summed E-state index contributed by atoms with van der Waals surface area (Å²) in [7, 11) is -1.31. The first-order valence-electron chi connectivity index (χ1n) is 4.96. The van der Waals surface area contributed by atoms with Gasteiger partial charge < -0.3 is 14.2 Å². The molecule has 5 nitrogen and oxygen atoms in total. The minimum Gasteiger partial charge on any atom is -0.442 e. The maximum absolute atomic E-state index is 11.3. The summed E-state index contributed by atoms with van der Waals surface area (Å²) in [6.07, 6.45) is 3.37. The van der Waals surface area contributed by atoms with Gasteiger partial charge in [-0.15, -0.1) is 4.86 Å². The molecule has 0 saturated heterocycles. The van der Waals surface area contributed by atoms with Crippen LogP contribution in [-0.2, 0) is 21.3 Å². The van der Waals surface area contributed by atoms with Crippen molar-refractivity contribution in [2.45, 2.75) is 19.4 Å². The number of nitrogens with zero attached hydrogens (tertiary/aromatic N) is 1. The van der Waals surface area contributed by atoms with Crippen LogP contribution in [-0.4, -0.2) is 15.9 Å². The Morgan fingerprint density at radius 3 is 2.88 bits per heavy atom. The van der Waals surface area contributed by atoms with Crippen LogP contribution in [0.15, 0.2) is 24.4 Å². The minimum atomic E-state index is -1.31. The third-order valence-electron chi connectivity index (χ3n) is 2.06. The van der Waals surface area contributed by atoms with Crippen molar-refractivity contribution in [1.82, 2.24) is 15.0 Å². The second-order valence-corrected chi connectivity index (χ2v) is 4.73. The highest BCUT2D eigenvalue weighted by Gasteiger charge is 2.06. The van der Waals surface area contributed by atoms with Crippen LogP contribution in [0.5, 0.6) is 0 Å². The van der Waals surface area contributed by atoms with Crippen molar-refractivity contribution in [3.05, 3.63) is 30.1 Å². The van der Waals surface area contributed by atoms with Crippen LogP contribution in [0, 0.1) is 0 Å². The largest absolute Gasteiger partial charge is 0.442 e. The number of amides is 2. The van der Waals surface area contributed by atoms with Gasteiger partial charge in [0.15, 0.2) is 0 Å². The van der Waals surface area contributed by atoms with Crippen LogP contribution in [0.25, 0.3) is 0 Å². The fourth-order valence-corrected chi connectivity index (χ4v) is 1.96. The molecule has 86 valence electrons. The number of nitrogens with one attached hydrogen (secondary N) is 2. The zero-order valence-electron chi connectivity index (χ0n) is 8.60. The zero-order chi connectivity index (χ0) is 11.4. The normalized spacial score (nSPS) is 13.7. The molecular weight excluding hydrogens is 226 g/mol. The van der Waals surface area contributed by atoms with Gasteiger partial charge in [0.05, 0.1) is 12.2 Å². The zero-order valence-corrected chi connectivity index (χ0v) is 9.42. The maximum atomic E-state index is 11.3. The van der Waals surface area contributed by atoms with E-state index in [0.717, 1.165) is 23.4 Å². The Kier molecular flexibility index (Phi) is 3.40. The first-order chi connectivity index (χ1) is 7.75. The highest BCUT2D eigenvalue weighted by atomic mass is 32.2. The van der Waals surface area contributed by atoms with Gasteiger partial charge in [0, 0.05) is 6.20 Å². The van der Waals surface area contributed by atoms with Gasteiger partial charge >= 0.3 is 0 Å². The SMILES string of the molecule is O=C(NCc1ccccn1)N[S-](=O)=C1CC1. The monoisotopic (exact) mass is 238 g/mol. The molecule has 2 N–H and O–H groups in total. The summed E-state index contributed by atoms with van der Waals surface area (Å²) in [4.78, 5) is 16.3. The molecule has 2 amide bonds. The Morgan fingerprint density at radius 1 is 1.44 bits per heavy atom. The molecular formula is C10H12N3O2S-. The van der Waals surface area contributed by atoms with Gasteiger partial charge in [-0.05, 0) is 12.1 Å². The minimum absolute atomic E-state index is 0.333. The molecule has 0 radical (unpaired) electrons. The number of hydrogen-bond acceptors (Lipinski definition) is 4. The lowest BCUT2D eigenvalue weighted by Crippen LogP contribution is -2.34. The van der Waals surface area contributed by atoms with E-state index in [4.69, 9.17) is 0 Å². The second kappa shape index (κ2) is 4.98. The number of carbonyl (C=O) groups is 1. The van der Waals surface area contributed by atoms with Crippen molar-refractivity contribution >= 4 is 21.5 Å². The molecule has 0 atom stereocenters. The Bertz CT molecular complexity index is 460. The topological polar surface area (TPSA) is 71.1 Å². The third-order valence-corrected chi connectivity index (χ3v) is 3.36. The molecule has 0 aromatic carbocycles. The number of aromatic nitrogens is 1. The third kappa shape index (κ3) is 3.23. The number of rotatable bonds is 3. The van der Waals surface area contributed by atoms with E-state index in [1.807, 2.05) is 18.2 Å². The van der Waals surface area contributed by atoms with E-state index >= 15 is 0 Å². The molecule has 6 heteroatoms. The summed E-state index contributed by atoms with van der Waals surface area (Å²) < 4.78 is 13.7. The van der Waals surface area contributed by atoms with Gasteiger partial charge in [-0.1, -0.05) is 18.9 Å².